The van der Waals surface area contributed by atoms with Crippen LogP contribution in [0.2, 0.25) is 6.04 Å². The molecule has 0 bridgehead atoms. The lowest BCUT2D eigenvalue weighted by Crippen LogP contribution is -2.37. The molecule has 0 spiro atoms. The molecule has 0 N–H and O–H groups in total. The van der Waals surface area contributed by atoms with Crippen LogP contribution in [0, 0.1) is 0 Å². The number of hydrogen-bond acceptors (Lipinski definition) is 0. The van der Waals surface area contributed by atoms with Crippen LogP contribution >= 0.6 is 33.2 Å². The van der Waals surface area contributed by atoms with Gasteiger partial charge < -0.3 is 0 Å². The molecule has 4 unspecified atom stereocenters. The summed E-state index contributed by atoms with van der Waals surface area (Å²) >= 11 is 16.2. The fraction of sp³-hybridized carbons (Fsp3) is 1.00. The first-order valence-electron chi connectivity index (χ1n) is 5.88. The summed E-state index contributed by atoms with van der Waals surface area (Å²) in [4.78, 5) is 0. The van der Waals surface area contributed by atoms with E-state index in [1.807, 2.05) is 0 Å². The Hall–Kier alpha value is 0.737. The zero-order valence-corrected chi connectivity index (χ0v) is 13.3. The molecule has 0 aromatic carbocycles. The second kappa shape index (κ2) is 9.63. The van der Waals surface area contributed by atoms with Crippen molar-refractivity contribution in [2.75, 3.05) is 6.67 Å². The molecular formula is C10H16Cl3F5Si. The lowest BCUT2D eigenvalue weighted by atomic mass is 10.0. The topological polar surface area (TPSA) is 0 Å². The van der Waals surface area contributed by atoms with E-state index in [0.717, 1.165) is 0 Å². The standard InChI is InChI=1S/C10H16Cl3F5Si/c11-19(12,13)6-8(16)10(18)9(17)7(15)4-2-1-3-5-14/h7-10H,1-6H2. The fourth-order valence-electron chi connectivity index (χ4n) is 1.50. The van der Waals surface area contributed by atoms with Gasteiger partial charge in [-0.05, 0) is 12.8 Å². The maximum atomic E-state index is 13.3. The average molecular weight is 366 g/mol. The lowest BCUT2D eigenvalue weighted by molar-refractivity contribution is 0.0348. The minimum atomic E-state index is -3.43. The summed E-state index contributed by atoms with van der Waals surface area (Å²) in [6.45, 7) is -0.540. The summed E-state index contributed by atoms with van der Waals surface area (Å²) in [5, 5.41) is 0. The maximum Gasteiger partial charge on any atom is 0.344 e. The number of alkyl halides is 5. The van der Waals surface area contributed by atoms with Crippen molar-refractivity contribution in [1.29, 1.82) is 0 Å². The monoisotopic (exact) mass is 364 g/mol. The van der Waals surface area contributed by atoms with Crippen molar-refractivity contribution in [2.24, 2.45) is 0 Å². The van der Waals surface area contributed by atoms with Gasteiger partial charge in [-0.1, -0.05) is 12.8 Å². The summed E-state index contributed by atoms with van der Waals surface area (Å²) < 4.78 is 65.0. The van der Waals surface area contributed by atoms with E-state index in [1.54, 1.807) is 0 Å². The quantitative estimate of drug-likeness (QED) is 0.207. The van der Waals surface area contributed by atoms with E-state index in [0.29, 0.717) is 6.42 Å². The predicted octanol–water partition coefficient (Wildman–Crippen LogP) is 5.52. The van der Waals surface area contributed by atoms with Crippen molar-refractivity contribution in [3.05, 3.63) is 0 Å². The lowest BCUT2D eigenvalue weighted by Gasteiger charge is -2.21. The highest BCUT2D eigenvalue weighted by atomic mass is 35.8. The van der Waals surface area contributed by atoms with Crippen LogP contribution < -0.4 is 0 Å². The molecule has 4 atom stereocenters. The first-order valence-corrected chi connectivity index (χ1v) is 11.1. The van der Waals surface area contributed by atoms with Gasteiger partial charge in [-0.3, -0.25) is 4.39 Å². The van der Waals surface area contributed by atoms with Crippen LogP contribution in [0.5, 0.6) is 0 Å². The fourth-order valence-corrected chi connectivity index (χ4v) is 3.50. The van der Waals surface area contributed by atoms with Crippen LogP contribution in [-0.2, 0) is 0 Å². The first-order chi connectivity index (χ1) is 8.69. The number of unbranched alkanes of at least 4 members (excludes halogenated alkanes) is 2. The molecule has 0 aliphatic rings. The van der Waals surface area contributed by atoms with Crippen LogP contribution in [0.3, 0.4) is 0 Å². The molecule has 0 aliphatic carbocycles. The second-order valence-electron chi connectivity index (χ2n) is 4.28. The van der Waals surface area contributed by atoms with Gasteiger partial charge in [-0.2, -0.15) is 0 Å². The van der Waals surface area contributed by atoms with Gasteiger partial charge in [0, 0.05) is 6.04 Å². The molecule has 0 rings (SSSR count). The van der Waals surface area contributed by atoms with E-state index in [2.05, 4.69) is 0 Å². The van der Waals surface area contributed by atoms with E-state index in [1.165, 1.54) is 0 Å². The van der Waals surface area contributed by atoms with Gasteiger partial charge in [0.05, 0.1) is 6.67 Å². The molecule has 0 aromatic rings. The molecule has 0 radical (unpaired) electrons. The molecule has 0 aromatic heterocycles. The van der Waals surface area contributed by atoms with Crippen molar-refractivity contribution >= 4 is 39.2 Å². The van der Waals surface area contributed by atoms with E-state index < -0.39 is 43.4 Å². The zero-order valence-electron chi connectivity index (χ0n) is 10.1. The van der Waals surface area contributed by atoms with Crippen LogP contribution in [0.15, 0.2) is 0 Å². The highest BCUT2D eigenvalue weighted by molar-refractivity contribution is 7.64. The first kappa shape index (κ1) is 19.7. The van der Waals surface area contributed by atoms with Gasteiger partial charge in [-0.25, -0.2) is 17.6 Å². The van der Waals surface area contributed by atoms with Gasteiger partial charge >= 0.3 is 6.00 Å². The summed E-state index contributed by atoms with van der Waals surface area (Å²) in [6, 6.07) is -4.14. The van der Waals surface area contributed by atoms with E-state index in [4.69, 9.17) is 33.2 Å². The molecule has 116 valence electrons. The number of hydrogen-bond donors (Lipinski definition) is 0. The van der Waals surface area contributed by atoms with Gasteiger partial charge in [0.25, 0.3) is 0 Å². The van der Waals surface area contributed by atoms with Crippen molar-refractivity contribution in [3.63, 3.8) is 0 Å². The van der Waals surface area contributed by atoms with Gasteiger partial charge in [0.2, 0.25) is 0 Å². The minimum Gasteiger partial charge on any atom is -0.251 e. The third-order valence-electron chi connectivity index (χ3n) is 2.54. The maximum absolute atomic E-state index is 13.3. The average Bonchev–Trinajstić information content (AvgIpc) is 2.30. The van der Waals surface area contributed by atoms with Crippen molar-refractivity contribution in [3.8, 4) is 0 Å². The molecule has 0 fully saturated rings. The summed E-state index contributed by atoms with van der Waals surface area (Å²) in [5.74, 6) is 0. The summed E-state index contributed by atoms with van der Waals surface area (Å²) in [6.07, 6.45) is -9.16. The minimum absolute atomic E-state index is 0.217. The van der Waals surface area contributed by atoms with Gasteiger partial charge in [0.15, 0.2) is 12.3 Å². The normalized spacial score (nSPS) is 18.9. The number of rotatable bonds is 10. The Morgan fingerprint density at radius 2 is 1.32 bits per heavy atom. The third kappa shape index (κ3) is 9.32. The van der Waals surface area contributed by atoms with Crippen molar-refractivity contribution < 1.29 is 22.0 Å². The third-order valence-corrected chi connectivity index (χ3v) is 4.78. The van der Waals surface area contributed by atoms with Crippen LogP contribution in [-0.4, -0.2) is 37.4 Å². The Labute approximate surface area is 124 Å². The molecule has 9 heteroatoms. The largest absolute Gasteiger partial charge is 0.344 e. The predicted molar refractivity (Wildman–Crippen MR) is 72.1 cm³/mol. The molecule has 0 aliphatic heterocycles. The smallest absolute Gasteiger partial charge is 0.251 e. The molecule has 0 saturated heterocycles. The zero-order chi connectivity index (χ0) is 15.1. The molecule has 0 heterocycles. The Morgan fingerprint density at radius 1 is 0.789 bits per heavy atom. The highest BCUT2D eigenvalue weighted by Crippen LogP contribution is 2.32. The Morgan fingerprint density at radius 3 is 1.79 bits per heavy atom. The van der Waals surface area contributed by atoms with Gasteiger partial charge in [-0.15, -0.1) is 33.2 Å². The Bertz CT molecular complexity index is 242. The van der Waals surface area contributed by atoms with Crippen LogP contribution in [0.4, 0.5) is 22.0 Å². The van der Waals surface area contributed by atoms with Gasteiger partial charge in [0.1, 0.15) is 12.3 Å². The SMILES string of the molecule is FCCCCCC(F)C(F)C(F)C(F)C[Si](Cl)(Cl)Cl. The van der Waals surface area contributed by atoms with E-state index in [-0.39, 0.29) is 19.3 Å². The van der Waals surface area contributed by atoms with Crippen LogP contribution in [0.25, 0.3) is 0 Å². The second-order valence-corrected chi connectivity index (χ2v) is 13.5. The summed E-state index contributed by atoms with van der Waals surface area (Å²) in [7, 11) is 0. The van der Waals surface area contributed by atoms with Crippen molar-refractivity contribution in [1.82, 2.24) is 0 Å². The summed E-state index contributed by atoms with van der Waals surface area (Å²) in [5.41, 5.74) is 0. The highest BCUT2D eigenvalue weighted by Gasteiger charge is 2.40. The molecule has 0 saturated carbocycles. The van der Waals surface area contributed by atoms with Crippen molar-refractivity contribution in [2.45, 2.75) is 56.4 Å². The van der Waals surface area contributed by atoms with E-state index in [9.17, 15) is 22.0 Å². The molecule has 19 heavy (non-hydrogen) atoms. The molecular weight excluding hydrogens is 350 g/mol. The molecule has 0 amide bonds. The Kier molecular flexibility index (Phi) is 10.0. The van der Waals surface area contributed by atoms with E-state index >= 15 is 0 Å². The van der Waals surface area contributed by atoms with Crippen LogP contribution in [0.1, 0.15) is 25.7 Å². The Balaban J connectivity index is 4.11. The number of halogens is 8. The molecule has 0 nitrogen and oxygen atoms in total.